The summed E-state index contributed by atoms with van der Waals surface area (Å²) in [5, 5.41) is 3.23. The van der Waals surface area contributed by atoms with Crippen molar-refractivity contribution >= 4 is 11.4 Å². The molecule has 19 heavy (non-hydrogen) atoms. The van der Waals surface area contributed by atoms with Crippen molar-refractivity contribution in [2.24, 2.45) is 0 Å². The fourth-order valence-electron chi connectivity index (χ4n) is 2.12. The highest BCUT2D eigenvalue weighted by Gasteiger charge is 2.24. The van der Waals surface area contributed by atoms with Crippen LogP contribution >= 0.6 is 0 Å². The summed E-state index contributed by atoms with van der Waals surface area (Å²) in [6, 6.07) is 18.1. The first-order chi connectivity index (χ1) is 9.34. The standard InChI is InChI=1S/C16H16N2O/c1-18-14-9-5-6-10-15(14)19-16(18)11-12-17-13-7-3-2-4-8-13/h2-12,16-17H,1H3/b12-11+. The van der Waals surface area contributed by atoms with Gasteiger partial charge in [-0.2, -0.15) is 0 Å². The van der Waals surface area contributed by atoms with Crippen molar-refractivity contribution in [1.29, 1.82) is 0 Å². The SMILES string of the molecule is CN1c2ccccc2OC1/C=C/Nc1ccccc1. The minimum Gasteiger partial charge on any atom is -0.465 e. The Bertz CT molecular complexity index is 580. The molecule has 2 aromatic carbocycles. The number of hydrogen-bond acceptors (Lipinski definition) is 3. The molecule has 0 aliphatic carbocycles. The van der Waals surface area contributed by atoms with E-state index >= 15 is 0 Å². The van der Waals surface area contributed by atoms with Gasteiger partial charge in [0, 0.05) is 18.9 Å². The van der Waals surface area contributed by atoms with E-state index in [0.29, 0.717) is 0 Å². The summed E-state index contributed by atoms with van der Waals surface area (Å²) < 4.78 is 5.86. The van der Waals surface area contributed by atoms with E-state index in [-0.39, 0.29) is 6.23 Å². The van der Waals surface area contributed by atoms with Crippen molar-refractivity contribution in [2.45, 2.75) is 6.23 Å². The fraction of sp³-hybridized carbons (Fsp3) is 0.125. The summed E-state index contributed by atoms with van der Waals surface area (Å²) in [7, 11) is 2.03. The van der Waals surface area contributed by atoms with Crippen molar-refractivity contribution in [3.05, 3.63) is 66.9 Å². The minimum absolute atomic E-state index is 0.0615. The lowest BCUT2D eigenvalue weighted by atomic mass is 10.3. The second-order valence-corrected chi connectivity index (χ2v) is 4.46. The molecule has 0 saturated carbocycles. The topological polar surface area (TPSA) is 24.5 Å². The van der Waals surface area contributed by atoms with Crippen LogP contribution in [0.5, 0.6) is 5.75 Å². The van der Waals surface area contributed by atoms with Gasteiger partial charge in [0.15, 0.2) is 6.23 Å². The lowest BCUT2D eigenvalue weighted by molar-refractivity contribution is 0.279. The van der Waals surface area contributed by atoms with Gasteiger partial charge < -0.3 is 15.0 Å². The molecular formula is C16H16N2O. The maximum atomic E-state index is 5.86. The molecule has 96 valence electrons. The Balaban J connectivity index is 1.66. The summed E-state index contributed by atoms with van der Waals surface area (Å²) in [6.07, 6.45) is 3.86. The lowest BCUT2D eigenvalue weighted by Crippen LogP contribution is -2.28. The van der Waals surface area contributed by atoms with E-state index in [1.54, 1.807) is 0 Å². The summed E-state index contributed by atoms with van der Waals surface area (Å²) >= 11 is 0. The van der Waals surface area contributed by atoms with Gasteiger partial charge in [0.2, 0.25) is 0 Å². The maximum Gasteiger partial charge on any atom is 0.193 e. The molecule has 0 aromatic heterocycles. The molecule has 3 rings (SSSR count). The molecule has 1 aliphatic rings. The van der Waals surface area contributed by atoms with E-state index in [1.807, 2.05) is 67.9 Å². The molecule has 1 atom stereocenters. The number of nitrogens with zero attached hydrogens (tertiary/aromatic N) is 1. The first-order valence-electron chi connectivity index (χ1n) is 6.31. The molecule has 0 saturated heterocycles. The van der Waals surface area contributed by atoms with Crippen molar-refractivity contribution < 1.29 is 4.74 Å². The lowest BCUT2D eigenvalue weighted by Gasteiger charge is -2.16. The van der Waals surface area contributed by atoms with Crippen LogP contribution in [0.2, 0.25) is 0 Å². The van der Waals surface area contributed by atoms with Gasteiger partial charge >= 0.3 is 0 Å². The molecule has 2 aromatic rings. The first-order valence-corrected chi connectivity index (χ1v) is 6.31. The Morgan fingerprint density at radius 2 is 1.79 bits per heavy atom. The Morgan fingerprint density at radius 3 is 2.58 bits per heavy atom. The fourth-order valence-corrected chi connectivity index (χ4v) is 2.12. The Hall–Kier alpha value is -2.42. The van der Waals surface area contributed by atoms with Crippen LogP contribution in [0.15, 0.2) is 66.9 Å². The summed E-state index contributed by atoms with van der Waals surface area (Å²) in [4.78, 5) is 2.11. The second kappa shape index (κ2) is 5.06. The summed E-state index contributed by atoms with van der Waals surface area (Å²) in [5.74, 6) is 0.930. The molecule has 0 radical (unpaired) electrons. The van der Waals surface area contributed by atoms with Gasteiger partial charge in [-0.15, -0.1) is 0 Å². The molecule has 3 nitrogen and oxygen atoms in total. The highest BCUT2D eigenvalue weighted by Crippen LogP contribution is 2.35. The van der Waals surface area contributed by atoms with E-state index in [9.17, 15) is 0 Å². The van der Waals surface area contributed by atoms with Crippen molar-refractivity contribution in [1.82, 2.24) is 0 Å². The van der Waals surface area contributed by atoms with Gasteiger partial charge in [-0.3, -0.25) is 0 Å². The van der Waals surface area contributed by atoms with E-state index < -0.39 is 0 Å². The predicted octanol–water partition coefficient (Wildman–Crippen LogP) is 3.47. The molecule has 0 bridgehead atoms. The molecule has 0 fully saturated rings. The minimum atomic E-state index is -0.0615. The molecule has 1 heterocycles. The van der Waals surface area contributed by atoms with E-state index in [2.05, 4.69) is 16.3 Å². The number of rotatable bonds is 3. The third-order valence-electron chi connectivity index (χ3n) is 3.16. The van der Waals surface area contributed by atoms with Gasteiger partial charge in [0.05, 0.1) is 5.69 Å². The van der Waals surface area contributed by atoms with Gasteiger partial charge in [-0.1, -0.05) is 30.3 Å². The normalized spacial score (nSPS) is 17.3. The number of benzene rings is 2. The average molecular weight is 252 g/mol. The van der Waals surface area contributed by atoms with E-state index in [1.165, 1.54) is 0 Å². The zero-order chi connectivity index (χ0) is 13.1. The highest BCUT2D eigenvalue weighted by atomic mass is 16.5. The first kappa shape index (κ1) is 11.7. The molecule has 3 heteroatoms. The molecular weight excluding hydrogens is 236 g/mol. The molecule has 0 amide bonds. The van der Waals surface area contributed by atoms with Crippen LogP contribution in [0.3, 0.4) is 0 Å². The number of ether oxygens (including phenoxy) is 1. The van der Waals surface area contributed by atoms with Crippen molar-refractivity contribution in [3.63, 3.8) is 0 Å². The number of anilines is 2. The molecule has 1 unspecified atom stereocenters. The summed E-state index contributed by atoms with van der Waals surface area (Å²) in [5.41, 5.74) is 2.19. The van der Waals surface area contributed by atoms with Crippen LogP contribution in [0.25, 0.3) is 0 Å². The van der Waals surface area contributed by atoms with Gasteiger partial charge in [0.25, 0.3) is 0 Å². The Morgan fingerprint density at radius 1 is 1.05 bits per heavy atom. The maximum absolute atomic E-state index is 5.86. The largest absolute Gasteiger partial charge is 0.465 e. The average Bonchev–Trinajstić information content (AvgIpc) is 2.78. The van der Waals surface area contributed by atoms with Crippen LogP contribution < -0.4 is 15.0 Å². The van der Waals surface area contributed by atoms with Crippen molar-refractivity contribution in [3.8, 4) is 5.75 Å². The number of hydrogen-bond donors (Lipinski definition) is 1. The van der Waals surface area contributed by atoms with E-state index in [0.717, 1.165) is 17.1 Å². The van der Waals surface area contributed by atoms with Crippen molar-refractivity contribution in [2.75, 3.05) is 17.3 Å². The van der Waals surface area contributed by atoms with Crippen LogP contribution in [-0.2, 0) is 0 Å². The highest BCUT2D eigenvalue weighted by molar-refractivity contribution is 5.62. The third kappa shape index (κ3) is 2.40. The van der Waals surface area contributed by atoms with Gasteiger partial charge in [-0.25, -0.2) is 0 Å². The zero-order valence-electron chi connectivity index (χ0n) is 10.8. The molecule has 1 aliphatic heterocycles. The van der Waals surface area contributed by atoms with Crippen LogP contribution in [0, 0.1) is 0 Å². The van der Waals surface area contributed by atoms with Gasteiger partial charge in [-0.05, 0) is 30.3 Å². The van der Waals surface area contributed by atoms with Crippen LogP contribution in [0.4, 0.5) is 11.4 Å². The monoisotopic (exact) mass is 252 g/mol. The number of likely N-dealkylation sites (N-methyl/N-ethyl adjacent to an activating group) is 1. The number of fused-ring (bicyclic) bond motifs is 1. The quantitative estimate of drug-likeness (QED) is 0.905. The zero-order valence-corrected chi connectivity index (χ0v) is 10.8. The third-order valence-corrected chi connectivity index (χ3v) is 3.16. The second-order valence-electron chi connectivity index (χ2n) is 4.46. The predicted molar refractivity (Wildman–Crippen MR) is 78.5 cm³/mol. The number of para-hydroxylation sites is 3. The Labute approximate surface area is 113 Å². The molecule has 1 N–H and O–H groups in total. The van der Waals surface area contributed by atoms with Crippen LogP contribution in [-0.4, -0.2) is 13.3 Å². The van der Waals surface area contributed by atoms with Gasteiger partial charge in [0.1, 0.15) is 5.75 Å². The smallest absolute Gasteiger partial charge is 0.193 e. The van der Waals surface area contributed by atoms with E-state index in [4.69, 9.17) is 4.74 Å². The molecule has 0 spiro atoms. The summed E-state index contributed by atoms with van der Waals surface area (Å²) in [6.45, 7) is 0. The van der Waals surface area contributed by atoms with Crippen LogP contribution in [0.1, 0.15) is 0 Å². The Kier molecular flexibility index (Phi) is 3.11. The number of nitrogens with one attached hydrogen (secondary N) is 1.